The van der Waals surface area contributed by atoms with Gasteiger partial charge in [-0.2, -0.15) is 0 Å². The van der Waals surface area contributed by atoms with E-state index in [-0.39, 0.29) is 10.7 Å². The lowest BCUT2D eigenvalue weighted by atomic mass is 10.1. The molecule has 0 unspecified atom stereocenters. The number of carboxylic acid groups (broad SMARTS) is 1. The number of benzene rings is 1. The van der Waals surface area contributed by atoms with Crippen molar-refractivity contribution < 1.29 is 14.6 Å². The minimum absolute atomic E-state index is 0.119. The number of pyridine rings is 1. The van der Waals surface area contributed by atoms with Gasteiger partial charge in [-0.1, -0.05) is 23.7 Å². The summed E-state index contributed by atoms with van der Waals surface area (Å²) in [6.45, 7) is 0. The lowest BCUT2D eigenvalue weighted by molar-refractivity contribution is 0.0699. The minimum atomic E-state index is -1.04. The molecule has 4 nitrogen and oxygen atoms in total. The first kappa shape index (κ1) is 10.7. The Morgan fingerprint density at radius 1 is 1.50 bits per heavy atom. The minimum Gasteiger partial charge on any atom is -0.494 e. The van der Waals surface area contributed by atoms with E-state index in [2.05, 4.69) is 4.98 Å². The second-order valence-corrected chi connectivity index (χ2v) is 3.54. The van der Waals surface area contributed by atoms with Crippen LogP contribution < -0.4 is 4.74 Å². The highest BCUT2D eigenvalue weighted by atomic mass is 35.5. The lowest BCUT2D eigenvalue weighted by Gasteiger charge is -2.06. The van der Waals surface area contributed by atoms with E-state index in [1.54, 1.807) is 18.2 Å². The van der Waals surface area contributed by atoms with Gasteiger partial charge < -0.3 is 9.84 Å². The van der Waals surface area contributed by atoms with Crippen molar-refractivity contribution in [3.8, 4) is 5.75 Å². The first-order chi connectivity index (χ1) is 7.63. The van der Waals surface area contributed by atoms with Gasteiger partial charge in [0.05, 0.1) is 12.7 Å². The smallest absolute Gasteiger partial charge is 0.336 e. The molecule has 16 heavy (non-hydrogen) atoms. The third-order valence-electron chi connectivity index (χ3n) is 2.22. The lowest BCUT2D eigenvalue weighted by Crippen LogP contribution is -2.00. The van der Waals surface area contributed by atoms with Crippen molar-refractivity contribution in [2.75, 3.05) is 7.11 Å². The van der Waals surface area contributed by atoms with Crippen LogP contribution in [0.3, 0.4) is 0 Å². The fraction of sp³-hybridized carbons (Fsp3) is 0.0909. The van der Waals surface area contributed by atoms with Crippen LogP contribution in [0.15, 0.2) is 24.3 Å². The van der Waals surface area contributed by atoms with E-state index in [4.69, 9.17) is 21.4 Å². The van der Waals surface area contributed by atoms with Crippen LogP contribution in [0, 0.1) is 0 Å². The van der Waals surface area contributed by atoms with E-state index < -0.39 is 5.97 Å². The van der Waals surface area contributed by atoms with Gasteiger partial charge >= 0.3 is 5.97 Å². The van der Waals surface area contributed by atoms with Crippen molar-refractivity contribution >= 4 is 28.5 Å². The normalized spacial score (nSPS) is 10.4. The van der Waals surface area contributed by atoms with Crippen LogP contribution in [-0.2, 0) is 0 Å². The molecule has 0 amide bonds. The summed E-state index contributed by atoms with van der Waals surface area (Å²) in [6.07, 6.45) is 0. The molecule has 0 bridgehead atoms. The molecule has 1 heterocycles. The van der Waals surface area contributed by atoms with Crippen molar-refractivity contribution in [3.05, 3.63) is 35.0 Å². The SMILES string of the molecule is COc1cccc2c(C(=O)O)cc(Cl)nc12. The molecule has 0 saturated carbocycles. The molecule has 82 valence electrons. The maximum Gasteiger partial charge on any atom is 0.336 e. The van der Waals surface area contributed by atoms with Crippen molar-refractivity contribution in [2.24, 2.45) is 0 Å². The van der Waals surface area contributed by atoms with E-state index in [0.717, 1.165) is 0 Å². The number of methoxy groups -OCH3 is 1. The fourth-order valence-electron chi connectivity index (χ4n) is 1.53. The average Bonchev–Trinajstić information content (AvgIpc) is 2.27. The predicted octanol–water partition coefficient (Wildman–Crippen LogP) is 2.60. The molecular formula is C11H8ClNO3. The van der Waals surface area contributed by atoms with Gasteiger partial charge in [0, 0.05) is 5.39 Å². The molecule has 1 aromatic carbocycles. The summed E-state index contributed by atoms with van der Waals surface area (Å²) in [5.74, 6) is -0.537. The number of para-hydroxylation sites is 1. The second-order valence-electron chi connectivity index (χ2n) is 3.15. The number of aromatic carboxylic acids is 1. The highest BCUT2D eigenvalue weighted by Crippen LogP contribution is 2.28. The maximum atomic E-state index is 11.0. The van der Waals surface area contributed by atoms with E-state index in [1.165, 1.54) is 13.2 Å². The molecule has 2 rings (SSSR count). The summed E-state index contributed by atoms with van der Waals surface area (Å²) in [7, 11) is 1.50. The zero-order chi connectivity index (χ0) is 11.7. The highest BCUT2D eigenvalue weighted by molar-refractivity contribution is 6.30. The van der Waals surface area contributed by atoms with Gasteiger partial charge in [0.15, 0.2) is 0 Å². The Morgan fingerprint density at radius 2 is 2.25 bits per heavy atom. The number of carbonyl (C=O) groups is 1. The zero-order valence-electron chi connectivity index (χ0n) is 8.40. The monoisotopic (exact) mass is 237 g/mol. The summed E-state index contributed by atoms with van der Waals surface area (Å²) >= 11 is 5.77. The Kier molecular flexibility index (Phi) is 2.66. The molecule has 1 N–H and O–H groups in total. The molecule has 0 aliphatic rings. The van der Waals surface area contributed by atoms with Gasteiger partial charge in [0.1, 0.15) is 16.4 Å². The molecule has 0 atom stereocenters. The van der Waals surface area contributed by atoms with Crippen LogP contribution in [0.4, 0.5) is 0 Å². The highest BCUT2D eigenvalue weighted by Gasteiger charge is 2.13. The Morgan fingerprint density at radius 3 is 2.88 bits per heavy atom. The molecule has 0 spiro atoms. The third-order valence-corrected chi connectivity index (χ3v) is 2.42. The van der Waals surface area contributed by atoms with Crippen molar-refractivity contribution in [3.63, 3.8) is 0 Å². The molecule has 5 heteroatoms. The number of ether oxygens (including phenoxy) is 1. The van der Waals surface area contributed by atoms with Crippen LogP contribution in [0.5, 0.6) is 5.75 Å². The molecule has 0 fully saturated rings. The molecule has 0 aliphatic heterocycles. The molecule has 0 aliphatic carbocycles. The van der Waals surface area contributed by atoms with Gasteiger partial charge in [0.2, 0.25) is 0 Å². The van der Waals surface area contributed by atoms with E-state index in [0.29, 0.717) is 16.7 Å². The van der Waals surface area contributed by atoms with Crippen molar-refractivity contribution in [1.82, 2.24) is 4.98 Å². The number of rotatable bonds is 2. The third kappa shape index (κ3) is 1.67. The summed E-state index contributed by atoms with van der Waals surface area (Å²) < 4.78 is 5.10. The van der Waals surface area contributed by atoms with Crippen LogP contribution in [0.2, 0.25) is 5.15 Å². The topological polar surface area (TPSA) is 59.4 Å². The largest absolute Gasteiger partial charge is 0.494 e. The Labute approximate surface area is 96.4 Å². The Hall–Kier alpha value is -1.81. The number of fused-ring (bicyclic) bond motifs is 1. The van der Waals surface area contributed by atoms with Crippen molar-refractivity contribution in [2.45, 2.75) is 0 Å². The van der Waals surface area contributed by atoms with Crippen LogP contribution in [0.1, 0.15) is 10.4 Å². The second kappa shape index (κ2) is 3.98. The summed E-state index contributed by atoms with van der Waals surface area (Å²) in [5.41, 5.74) is 0.573. The van der Waals surface area contributed by atoms with E-state index in [9.17, 15) is 4.79 Å². The number of hydrogen-bond donors (Lipinski definition) is 1. The molecule has 0 saturated heterocycles. The van der Waals surface area contributed by atoms with Crippen LogP contribution >= 0.6 is 11.6 Å². The zero-order valence-corrected chi connectivity index (χ0v) is 9.15. The number of hydrogen-bond acceptors (Lipinski definition) is 3. The van der Waals surface area contributed by atoms with Crippen LogP contribution in [0.25, 0.3) is 10.9 Å². The number of aromatic nitrogens is 1. The fourth-order valence-corrected chi connectivity index (χ4v) is 1.73. The van der Waals surface area contributed by atoms with Gasteiger partial charge in [-0.3, -0.25) is 0 Å². The van der Waals surface area contributed by atoms with Crippen LogP contribution in [-0.4, -0.2) is 23.2 Å². The van der Waals surface area contributed by atoms with Gasteiger partial charge in [-0.15, -0.1) is 0 Å². The van der Waals surface area contributed by atoms with E-state index in [1.807, 2.05) is 0 Å². The first-order valence-electron chi connectivity index (χ1n) is 4.50. The Balaban J connectivity index is 2.88. The standard InChI is InChI=1S/C11H8ClNO3/c1-16-8-4-2-3-6-7(11(14)15)5-9(12)13-10(6)8/h2-5H,1H3,(H,14,15). The summed E-state index contributed by atoms with van der Waals surface area (Å²) in [5, 5.41) is 9.69. The predicted molar refractivity (Wildman–Crippen MR) is 60.3 cm³/mol. The molecule has 0 radical (unpaired) electrons. The number of halogens is 1. The Bertz CT molecular complexity index is 568. The summed E-state index contributed by atoms with van der Waals surface area (Å²) in [6, 6.07) is 6.41. The van der Waals surface area contributed by atoms with Gasteiger partial charge in [0.25, 0.3) is 0 Å². The first-order valence-corrected chi connectivity index (χ1v) is 4.88. The number of carboxylic acids is 1. The summed E-state index contributed by atoms with van der Waals surface area (Å²) in [4.78, 5) is 15.1. The van der Waals surface area contributed by atoms with E-state index >= 15 is 0 Å². The van der Waals surface area contributed by atoms with Gasteiger partial charge in [-0.05, 0) is 12.1 Å². The molecule has 1 aromatic heterocycles. The maximum absolute atomic E-state index is 11.0. The molecular weight excluding hydrogens is 230 g/mol. The van der Waals surface area contributed by atoms with Crippen molar-refractivity contribution in [1.29, 1.82) is 0 Å². The molecule has 2 aromatic rings. The number of nitrogens with zero attached hydrogens (tertiary/aromatic N) is 1. The van der Waals surface area contributed by atoms with Gasteiger partial charge in [-0.25, -0.2) is 9.78 Å². The quantitative estimate of drug-likeness (QED) is 0.816. The average molecular weight is 238 g/mol.